The molecule has 0 bridgehead atoms. The molecule has 6 rings (SSSR count). The number of carbonyl (C=O) groups is 2. The molecule has 0 spiro atoms. The number of rotatable bonds is 11. The number of carbonyl (C=O) groups excluding carboxylic acids is 2. The molecule has 1 aliphatic heterocycles. The number of hydrogen-bond donors (Lipinski definition) is 3. The van der Waals surface area contributed by atoms with Gasteiger partial charge in [0.1, 0.15) is 11.3 Å². The first-order chi connectivity index (χ1) is 25.0. The number of fused-ring (bicyclic) bond motifs is 1. The summed E-state index contributed by atoms with van der Waals surface area (Å²) in [5.41, 5.74) is 2.98. The van der Waals surface area contributed by atoms with Gasteiger partial charge in [-0.25, -0.2) is 23.4 Å². The number of likely N-dealkylation sites (tertiary alicyclic amines) is 1. The quantitative estimate of drug-likeness (QED) is 0.178. The third-order valence-electron chi connectivity index (χ3n) is 9.25. The SMILES string of the molecule is COc1cc(Nc2ncc3cc(/C=C/CNC(=O)c4c(C)n(C)n(Cc5ccc(F)c(F)c5)c4=O)ccc3n2)ccc1C(=O)NC1CCN(C)CC1. The summed E-state index contributed by atoms with van der Waals surface area (Å²) >= 11 is 0. The molecule has 2 amide bonds. The molecule has 14 heteroatoms. The van der Waals surface area contributed by atoms with Crippen LogP contribution in [0, 0.1) is 18.6 Å². The molecule has 12 nitrogen and oxygen atoms in total. The summed E-state index contributed by atoms with van der Waals surface area (Å²) < 4.78 is 35.4. The van der Waals surface area contributed by atoms with Crippen molar-refractivity contribution in [3.63, 3.8) is 0 Å². The van der Waals surface area contributed by atoms with Gasteiger partial charge in [-0.15, -0.1) is 0 Å². The zero-order valence-electron chi connectivity index (χ0n) is 29.4. The van der Waals surface area contributed by atoms with Crippen molar-refractivity contribution >= 4 is 40.4 Å². The molecule has 3 N–H and O–H groups in total. The van der Waals surface area contributed by atoms with Gasteiger partial charge in [-0.2, -0.15) is 0 Å². The van der Waals surface area contributed by atoms with Crippen LogP contribution in [-0.2, 0) is 13.6 Å². The van der Waals surface area contributed by atoms with E-state index in [2.05, 4.69) is 37.9 Å². The molecule has 0 saturated carbocycles. The summed E-state index contributed by atoms with van der Waals surface area (Å²) in [5, 5.41) is 9.86. The summed E-state index contributed by atoms with van der Waals surface area (Å²) in [6.07, 6.45) is 7.12. The number of methoxy groups -OCH3 is 1. The molecule has 5 aromatic rings. The van der Waals surface area contributed by atoms with Gasteiger partial charge in [0.15, 0.2) is 11.6 Å². The Balaban J connectivity index is 1.06. The summed E-state index contributed by atoms with van der Waals surface area (Å²) in [5.74, 6) is -1.86. The number of amides is 2. The van der Waals surface area contributed by atoms with Crippen molar-refractivity contribution in [3.8, 4) is 5.75 Å². The van der Waals surface area contributed by atoms with E-state index in [1.165, 1.54) is 22.5 Å². The van der Waals surface area contributed by atoms with E-state index in [4.69, 9.17) is 4.74 Å². The van der Waals surface area contributed by atoms with Crippen molar-refractivity contribution in [2.24, 2.45) is 7.05 Å². The van der Waals surface area contributed by atoms with Crippen molar-refractivity contribution in [1.82, 2.24) is 34.9 Å². The first-order valence-corrected chi connectivity index (χ1v) is 16.9. The first-order valence-electron chi connectivity index (χ1n) is 16.9. The second-order valence-electron chi connectivity index (χ2n) is 12.8. The molecule has 0 unspecified atom stereocenters. The van der Waals surface area contributed by atoms with Crippen LogP contribution in [0.25, 0.3) is 17.0 Å². The van der Waals surface area contributed by atoms with E-state index in [-0.39, 0.29) is 30.6 Å². The molecule has 52 heavy (non-hydrogen) atoms. The number of piperidine rings is 1. The van der Waals surface area contributed by atoms with Gasteiger partial charge < -0.3 is 25.6 Å². The van der Waals surface area contributed by atoms with Crippen molar-refractivity contribution < 1.29 is 23.1 Å². The number of anilines is 2. The van der Waals surface area contributed by atoms with E-state index in [0.717, 1.165) is 49.0 Å². The highest BCUT2D eigenvalue weighted by Crippen LogP contribution is 2.26. The topological polar surface area (TPSA) is 135 Å². The lowest BCUT2D eigenvalue weighted by atomic mass is 10.0. The molecule has 1 fully saturated rings. The van der Waals surface area contributed by atoms with E-state index >= 15 is 0 Å². The summed E-state index contributed by atoms with van der Waals surface area (Å²) in [6.45, 7) is 3.69. The fourth-order valence-corrected chi connectivity index (χ4v) is 6.17. The van der Waals surface area contributed by atoms with Crippen molar-refractivity contribution in [3.05, 3.63) is 117 Å². The Bertz CT molecular complexity index is 2220. The summed E-state index contributed by atoms with van der Waals surface area (Å²) in [4.78, 5) is 50.4. The lowest BCUT2D eigenvalue weighted by Crippen LogP contribution is -2.43. The van der Waals surface area contributed by atoms with Crippen LogP contribution in [0.1, 0.15) is 50.4 Å². The normalized spacial score (nSPS) is 13.8. The molecule has 2 aromatic heterocycles. The third kappa shape index (κ3) is 8.02. The Hall–Kier alpha value is -5.89. The molecular formula is C38H40F2N8O4. The van der Waals surface area contributed by atoms with Gasteiger partial charge >= 0.3 is 0 Å². The van der Waals surface area contributed by atoms with Gasteiger partial charge in [0.25, 0.3) is 17.4 Å². The molecular weight excluding hydrogens is 670 g/mol. The minimum Gasteiger partial charge on any atom is -0.496 e. The predicted octanol–water partition coefficient (Wildman–Crippen LogP) is 4.78. The molecule has 0 radical (unpaired) electrons. The lowest BCUT2D eigenvalue weighted by Gasteiger charge is -2.29. The first kappa shape index (κ1) is 35.9. The maximum Gasteiger partial charge on any atom is 0.280 e. The maximum atomic E-state index is 13.7. The highest BCUT2D eigenvalue weighted by molar-refractivity contribution is 5.98. The summed E-state index contributed by atoms with van der Waals surface area (Å²) in [6, 6.07) is 14.5. The van der Waals surface area contributed by atoms with Crippen LogP contribution in [0.15, 0.2) is 71.7 Å². The molecule has 1 saturated heterocycles. The highest BCUT2D eigenvalue weighted by Gasteiger charge is 2.22. The molecule has 3 heterocycles. The number of ether oxygens (including phenoxy) is 1. The van der Waals surface area contributed by atoms with Gasteiger partial charge in [0.2, 0.25) is 5.95 Å². The van der Waals surface area contributed by atoms with Gasteiger partial charge in [0, 0.05) is 48.7 Å². The van der Waals surface area contributed by atoms with Gasteiger partial charge in [-0.05, 0) is 87.4 Å². The van der Waals surface area contributed by atoms with Crippen LogP contribution in [0.4, 0.5) is 20.4 Å². The maximum absolute atomic E-state index is 13.7. The second-order valence-corrected chi connectivity index (χ2v) is 12.8. The van der Waals surface area contributed by atoms with E-state index in [9.17, 15) is 23.2 Å². The average molecular weight is 711 g/mol. The third-order valence-corrected chi connectivity index (χ3v) is 9.25. The Morgan fingerprint density at radius 3 is 2.54 bits per heavy atom. The largest absolute Gasteiger partial charge is 0.496 e. The van der Waals surface area contributed by atoms with E-state index in [0.29, 0.717) is 39.7 Å². The zero-order valence-corrected chi connectivity index (χ0v) is 29.4. The molecule has 1 aliphatic rings. The predicted molar refractivity (Wildman–Crippen MR) is 195 cm³/mol. The monoisotopic (exact) mass is 710 g/mol. The average Bonchev–Trinajstić information content (AvgIpc) is 3.34. The highest BCUT2D eigenvalue weighted by atomic mass is 19.2. The fourth-order valence-electron chi connectivity index (χ4n) is 6.17. The molecule has 3 aromatic carbocycles. The summed E-state index contributed by atoms with van der Waals surface area (Å²) in [7, 11) is 5.24. The number of aromatic nitrogens is 4. The van der Waals surface area contributed by atoms with E-state index in [1.54, 1.807) is 44.4 Å². The van der Waals surface area contributed by atoms with Gasteiger partial charge in [0.05, 0.1) is 24.7 Å². The fraction of sp³-hybridized carbons (Fsp3) is 0.289. The van der Waals surface area contributed by atoms with Crippen LogP contribution in [0.3, 0.4) is 0 Å². The van der Waals surface area contributed by atoms with Crippen LogP contribution in [-0.4, -0.2) is 75.9 Å². The zero-order chi connectivity index (χ0) is 36.9. The molecule has 270 valence electrons. The Morgan fingerprint density at radius 1 is 1.00 bits per heavy atom. The van der Waals surface area contributed by atoms with Crippen LogP contribution < -0.4 is 26.2 Å². The number of nitrogens with one attached hydrogen (secondary N) is 3. The minimum absolute atomic E-state index is 0.0198. The smallest absolute Gasteiger partial charge is 0.280 e. The lowest BCUT2D eigenvalue weighted by molar-refractivity contribution is 0.0912. The number of benzene rings is 3. The number of hydrogen-bond acceptors (Lipinski definition) is 8. The number of halogens is 2. The van der Waals surface area contributed by atoms with Crippen molar-refractivity contribution in [2.75, 3.05) is 39.1 Å². The van der Waals surface area contributed by atoms with Gasteiger partial charge in [-0.1, -0.05) is 24.3 Å². The van der Waals surface area contributed by atoms with E-state index < -0.39 is 23.1 Å². The number of nitrogens with zero attached hydrogens (tertiary/aromatic N) is 5. The van der Waals surface area contributed by atoms with Crippen LogP contribution >= 0.6 is 0 Å². The Labute approximate surface area is 299 Å². The standard InChI is InChI=1S/C38H40F2N8O4/c1-23-34(37(51)48(47(23)3)22-25-7-11-30(39)31(40)19-25)36(50)41-15-5-6-24-8-12-32-26(18-24)21-42-38(45-32)44-28-9-10-29(33(20-28)52-4)35(49)43-27-13-16-46(2)17-14-27/h5-12,18-21,27H,13-17,22H2,1-4H3,(H,41,50)(H,43,49)(H,42,44,45)/b6-5+. The van der Waals surface area contributed by atoms with Crippen molar-refractivity contribution in [2.45, 2.75) is 32.4 Å². The Kier molecular flexibility index (Phi) is 10.7. The van der Waals surface area contributed by atoms with Crippen molar-refractivity contribution in [1.29, 1.82) is 0 Å². The van der Waals surface area contributed by atoms with E-state index in [1.807, 2.05) is 24.3 Å². The molecule has 0 atom stereocenters. The Morgan fingerprint density at radius 2 is 1.79 bits per heavy atom. The van der Waals surface area contributed by atoms with Crippen LogP contribution in [0.2, 0.25) is 0 Å². The minimum atomic E-state index is -1.01. The van der Waals surface area contributed by atoms with Gasteiger partial charge in [-0.3, -0.25) is 19.1 Å². The van der Waals surface area contributed by atoms with Crippen LogP contribution in [0.5, 0.6) is 5.75 Å². The molecule has 0 aliphatic carbocycles. The second kappa shape index (κ2) is 15.6.